The SMILES string of the molecule is Cc1ccc(F)c(-c2ccc(C(=O)NCC3(O)CCNC3)cc2)c1. The number of amides is 1. The van der Waals surface area contributed by atoms with Crippen molar-refractivity contribution < 1.29 is 14.3 Å². The second-order valence-corrected chi connectivity index (χ2v) is 6.39. The van der Waals surface area contributed by atoms with Gasteiger partial charge in [-0.05, 0) is 49.7 Å². The highest BCUT2D eigenvalue weighted by atomic mass is 19.1. The molecule has 2 aromatic carbocycles. The van der Waals surface area contributed by atoms with E-state index in [1.807, 2.05) is 6.92 Å². The Morgan fingerprint density at radius 1 is 1.29 bits per heavy atom. The molecule has 0 bridgehead atoms. The third kappa shape index (κ3) is 3.63. The van der Waals surface area contributed by atoms with E-state index in [1.54, 1.807) is 36.4 Å². The fourth-order valence-corrected chi connectivity index (χ4v) is 2.89. The van der Waals surface area contributed by atoms with Gasteiger partial charge in [0, 0.05) is 24.2 Å². The van der Waals surface area contributed by atoms with Crippen molar-refractivity contribution >= 4 is 5.91 Å². The van der Waals surface area contributed by atoms with Crippen molar-refractivity contribution in [1.82, 2.24) is 10.6 Å². The van der Waals surface area contributed by atoms with Crippen LogP contribution in [0.1, 0.15) is 22.3 Å². The summed E-state index contributed by atoms with van der Waals surface area (Å²) in [5, 5.41) is 16.1. The van der Waals surface area contributed by atoms with E-state index >= 15 is 0 Å². The molecule has 4 nitrogen and oxygen atoms in total. The zero-order chi connectivity index (χ0) is 17.2. The topological polar surface area (TPSA) is 61.4 Å². The maximum absolute atomic E-state index is 13.9. The number of nitrogens with one attached hydrogen (secondary N) is 2. The summed E-state index contributed by atoms with van der Waals surface area (Å²) in [6.07, 6.45) is 0.624. The smallest absolute Gasteiger partial charge is 0.251 e. The molecule has 3 N–H and O–H groups in total. The average molecular weight is 328 g/mol. The molecule has 24 heavy (non-hydrogen) atoms. The zero-order valence-electron chi connectivity index (χ0n) is 13.6. The molecule has 1 unspecified atom stereocenters. The molecule has 0 saturated carbocycles. The van der Waals surface area contributed by atoms with Crippen LogP contribution in [0.4, 0.5) is 4.39 Å². The minimum absolute atomic E-state index is 0.215. The number of rotatable bonds is 4. The normalized spacial score (nSPS) is 20.1. The molecular weight excluding hydrogens is 307 g/mol. The summed E-state index contributed by atoms with van der Waals surface area (Å²) >= 11 is 0. The number of benzene rings is 2. The van der Waals surface area contributed by atoms with Gasteiger partial charge >= 0.3 is 0 Å². The van der Waals surface area contributed by atoms with Crippen molar-refractivity contribution in [3.8, 4) is 11.1 Å². The molecule has 0 aromatic heterocycles. The predicted molar refractivity (Wildman–Crippen MR) is 91.3 cm³/mol. The number of aliphatic hydroxyl groups is 1. The molecule has 3 rings (SSSR count). The second-order valence-electron chi connectivity index (χ2n) is 6.39. The fraction of sp³-hybridized carbons (Fsp3) is 0.316. The number of halogens is 1. The lowest BCUT2D eigenvalue weighted by Gasteiger charge is -2.21. The number of aryl methyl sites for hydroxylation is 1. The van der Waals surface area contributed by atoms with E-state index in [1.165, 1.54) is 6.07 Å². The number of hydrogen-bond donors (Lipinski definition) is 3. The van der Waals surface area contributed by atoms with Crippen molar-refractivity contribution in [2.24, 2.45) is 0 Å². The maximum atomic E-state index is 13.9. The predicted octanol–water partition coefficient (Wildman–Crippen LogP) is 2.26. The Kier molecular flexibility index (Phi) is 4.64. The molecule has 126 valence electrons. The molecule has 2 aromatic rings. The second kappa shape index (κ2) is 6.71. The van der Waals surface area contributed by atoms with Crippen LogP contribution in [0.15, 0.2) is 42.5 Å². The van der Waals surface area contributed by atoms with Crippen molar-refractivity contribution in [1.29, 1.82) is 0 Å². The van der Waals surface area contributed by atoms with E-state index < -0.39 is 5.60 Å². The molecular formula is C19H21FN2O2. The minimum atomic E-state index is -0.875. The van der Waals surface area contributed by atoms with Gasteiger partial charge in [-0.25, -0.2) is 4.39 Å². The average Bonchev–Trinajstić information content (AvgIpc) is 3.02. The first kappa shape index (κ1) is 16.6. The minimum Gasteiger partial charge on any atom is -0.387 e. The summed E-state index contributed by atoms with van der Waals surface area (Å²) in [4.78, 5) is 12.2. The Morgan fingerprint density at radius 2 is 2.04 bits per heavy atom. The van der Waals surface area contributed by atoms with Gasteiger partial charge in [0.15, 0.2) is 0 Å². The van der Waals surface area contributed by atoms with Crippen molar-refractivity contribution in [3.05, 3.63) is 59.4 Å². The Balaban J connectivity index is 1.69. The summed E-state index contributed by atoms with van der Waals surface area (Å²) in [5.74, 6) is -0.527. The summed E-state index contributed by atoms with van der Waals surface area (Å²) in [5.41, 5.74) is 1.84. The van der Waals surface area contributed by atoms with Gasteiger partial charge in [0.25, 0.3) is 5.91 Å². The highest BCUT2D eigenvalue weighted by Crippen LogP contribution is 2.24. The van der Waals surface area contributed by atoms with Crippen LogP contribution in [0.25, 0.3) is 11.1 Å². The van der Waals surface area contributed by atoms with Crippen LogP contribution >= 0.6 is 0 Å². The van der Waals surface area contributed by atoms with Gasteiger partial charge in [0.05, 0.1) is 5.60 Å². The lowest BCUT2D eigenvalue weighted by atomic mass is 10.0. The number of carbonyl (C=O) groups is 1. The van der Waals surface area contributed by atoms with E-state index in [-0.39, 0.29) is 18.3 Å². The maximum Gasteiger partial charge on any atom is 0.251 e. The van der Waals surface area contributed by atoms with E-state index in [9.17, 15) is 14.3 Å². The van der Waals surface area contributed by atoms with Gasteiger partial charge < -0.3 is 15.7 Å². The van der Waals surface area contributed by atoms with Gasteiger partial charge in [0.1, 0.15) is 5.82 Å². The van der Waals surface area contributed by atoms with Crippen LogP contribution in [-0.4, -0.2) is 36.2 Å². The first-order chi connectivity index (χ1) is 11.5. The van der Waals surface area contributed by atoms with E-state index in [0.29, 0.717) is 24.1 Å². The summed E-state index contributed by atoms with van der Waals surface area (Å²) in [7, 11) is 0. The molecule has 1 saturated heterocycles. The first-order valence-electron chi connectivity index (χ1n) is 8.05. The van der Waals surface area contributed by atoms with Crippen LogP contribution in [0.5, 0.6) is 0 Å². The van der Waals surface area contributed by atoms with Gasteiger partial charge in [0.2, 0.25) is 0 Å². The van der Waals surface area contributed by atoms with E-state index in [0.717, 1.165) is 17.7 Å². The number of carbonyl (C=O) groups excluding carboxylic acids is 1. The molecule has 5 heteroatoms. The van der Waals surface area contributed by atoms with Gasteiger partial charge in [-0.15, -0.1) is 0 Å². The molecule has 0 radical (unpaired) electrons. The first-order valence-corrected chi connectivity index (χ1v) is 8.05. The monoisotopic (exact) mass is 328 g/mol. The molecule has 1 amide bonds. The van der Waals surface area contributed by atoms with Gasteiger partial charge in [-0.2, -0.15) is 0 Å². The highest BCUT2D eigenvalue weighted by molar-refractivity contribution is 5.94. The Hall–Kier alpha value is -2.24. The van der Waals surface area contributed by atoms with Crippen molar-refractivity contribution in [3.63, 3.8) is 0 Å². The van der Waals surface area contributed by atoms with E-state index in [2.05, 4.69) is 10.6 Å². The molecule has 1 fully saturated rings. The Morgan fingerprint density at radius 3 is 2.71 bits per heavy atom. The Bertz CT molecular complexity index is 738. The largest absolute Gasteiger partial charge is 0.387 e. The summed E-state index contributed by atoms with van der Waals surface area (Å²) in [6.45, 7) is 3.36. The third-order valence-electron chi connectivity index (χ3n) is 4.38. The quantitative estimate of drug-likeness (QED) is 0.807. The molecule has 0 spiro atoms. The Labute approximate surface area is 140 Å². The standard InChI is InChI=1S/C19H21FN2O2/c1-13-2-7-17(20)16(10-13)14-3-5-15(6-4-14)18(23)22-12-19(24)8-9-21-11-19/h2-7,10,21,24H,8-9,11-12H2,1H3,(H,22,23). The van der Waals surface area contributed by atoms with E-state index in [4.69, 9.17) is 0 Å². The molecule has 1 heterocycles. The molecule has 1 atom stereocenters. The lowest BCUT2D eigenvalue weighted by Crippen LogP contribution is -2.44. The molecule has 0 aliphatic carbocycles. The van der Waals surface area contributed by atoms with Crippen molar-refractivity contribution in [2.75, 3.05) is 19.6 Å². The van der Waals surface area contributed by atoms with Gasteiger partial charge in [-0.1, -0.05) is 23.8 Å². The fourth-order valence-electron chi connectivity index (χ4n) is 2.89. The lowest BCUT2D eigenvalue weighted by molar-refractivity contribution is 0.0562. The van der Waals surface area contributed by atoms with Crippen LogP contribution < -0.4 is 10.6 Å². The van der Waals surface area contributed by atoms with Crippen molar-refractivity contribution in [2.45, 2.75) is 18.9 Å². The third-order valence-corrected chi connectivity index (χ3v) is 4.38. The van der Waals surface area contributed by atoms with Gasteiger partial charge in [-0.3, -0.25) is 4.79 Å². The highest BCUT2D eigenvalue weighted by Gasteiger charge is 2.31. The number of hydrogen-bond acceptors (Lipinski definition) is 3. The van der Waals surface area contributed by atoms with Crippen LogP contribution in [0.2, 0.25) is 0 Å². The number of β-amino-alcohol motifs (C(OH)–C–C–N with tert-alkyl or cyclic N) is 1. The molecule has 1 aliphatic rings. The van der Waals surface area contributed by atoms with Crippen LogP contribution in [0.3, 0.4) is 0 Å². The summed E-state index contributed by atoms with van der Waals surface area (Å²) in [6, 6.07) is 11.8. The van der Waals surface area contributed by atoms with Crippen LogP contribution in [-0.2, 0) is 0 Å². The summed E-state index contributed by atoms with van der Waals surface area (Å²) < 4.78 is 13.9. The molecule has 1 aliphatic heterocycles. The van der Waals surface area contributed by atoms with Crippen LogP contribution in [0, 0.1) is 12.7 Å². The zero-order valence-corrected chi connectivity index (χ0v) is 13.6.